The van der Waals surface area contributed by atoms with Crippen LogP contribution in [0.3, 0.4) is 0 Å². The molecule has 124 valence electrons. The molecule has 0 spiro atoms. The summed E-state index contributed by atoms with van der Waals surface area (Å²) in [6.07, 6.45) is 1.10. The van der Waals surface area contributed by atoms with Gasteiger partial charge in [-0.2, -0.15) is 4.31 Å². The van der Waals surface area contributed by atoms with Crippen molar-refractivity contribution >= 4 is 16.1 Å². The minimum Gasteiger partial charge on any atom is -0.337 e. The number of rotatable bonds is 7. The van der Waals surface area contributed by atoms with Gasteiger partial charge in [-0.05, 0) is 31.5 Å². The summed E-state index contributed by atoms with van der Waals surface area (Å²) >= 11 is 0. The smallest absolute Gasteiger partial charge is 0.315 e. The highest BCUT2D eigenvalue weighted by Crippen LogP contribution is 2.09. The van der Waals surface area contributed by atoms with E-state index in [1.807, 2.05) is 13.8 Å². The topological polar surface area (TPSA) is 78.5 Å². The first-order valence-corrected chi connectivity index (χ1v) is 8.77. The van der Waals surface area contributed by atoms with E-state index >= 15 is 0 Å². The zero-order valence-corrected chi connectivity index (χ0v) is 13.8. The maximum Gasteiger partial charge on any atom is 0.315 e. The van der Waals surface area contributed by atoms with Crippen LogP contribution in [-0.2, 0) is 16.6 Å². The molecule has 8 heteroatoms. The second-order valence-corrected chi connectivity index (χ2v) is 7.26. The number of nitrogens with zero attached hydrogens (tertiary/aromatic N) is 1. The van der Waals surface area contributed by atoms with Crippen molar-refractivity contribution in [3.8, 4) is 0 Å². The standard InChI is InChI=1S/C14H22FN3O3S/c1-11(2)17-14(19)16-8-9-18(22(3,20)21)10-12-4-6-13(15)7-5-12/h4-7,11H,8-10H2,1-3H3,(H2,16,17,19). The first kappa shape index (κ1) is 18.4. The van der Waals surface area contributed by atoms with E-state index in [1.165, 1.54) is 28.6 Å². The Balaban J connectivity index is 2.59. The average molecular weight is 331 g/mol. The summed E-state index contributed by atoms with van der Waals surface area (Å²) in [7, 11) is -3.43. The molecule has 0 heterocycles. The van der Waals surface area contributed by atoms with E-state index in [0.717, 1.165) is 6.26 Å². The van der Waals surface area contributed by atoms with Gasteiger partial charge in [0.05, 0.1) is 6.26 Å². The first-order chi connectivity index (χ1) is 10.2. The second kappa shape index (κ2) is 8.09. The Morgan fingerprint density at radius 3 is 2.36 bits per heavy atom. The van der Waals surface area contributed by atoms with E-state index in [0.29, 0.717) is 5.56 Å². The maximum absolute atomic E-state index is 12.9. The van der Waals surface area contributed by atoms with Gasteiger partial charge >= 0.3 is 6.03 Å². The predicted molar refractivity (Wildman–Crippen MR) is 83.3 cm³/mol. The molecule has 0 unspecified atom stereocenters. The fourth-order valence-electron chi connectivity index (χ4n) is 1.76. The predicted octanol–water partition coefficient (Wildman–Crippen LogP) is 1.29. The van der Waals surface area contributed by atoms with Crippen LogP contribution in [0.4, 0.5) is 9.18 Å². The van der Waals surface area contributed by atoms with E-state index in [1.54, 1.807) is 0 Å². The van der Waals surface area contributed by atoms with Crippen molar-refractivity contribution in [2.24, 2.45) is 0 Å². The quantitative estimate of drug-likeness (QED) is 0.790. The fraction of sp³-hybridized carbons (Fsp3) is 0.500. The van der Waals surface area contributed by atoms with E-state index in [9.17, 15) is 17.6 Å². The Morgan fingerprint density at radius 2 is 1.86 bits per heavy atom. The summed E-state index contributed by atoms with van der Waals surface area (Å²) in [5.41, 5.74) is 0.679. The molecular weight excluding hydrogens is 309 g/mol. The lowest BCUT2D eigenvalue weighted by Crippen LogP contribution is -2.43. The van der Waals surface area contributed by atoms with Crippen molar-refractivity contribution in [3.05, 3.63) is 35.6 Å². The highest BCUT2D eigenvalue weighted by Gasteiger charge is 2.17. The Bertz CT molecular complexity index is 588. The zero-order chi connectivity index (χ0) is 16.8. The molecule has 0 aromatic heterocycles. The maximum atomic E-state index is 12.9. The molecule has 0 aliphatic carbocycles. The second-order valence-electron chi connectivity index (χ2n) is 5.28. The molecule has 0 saturated carbocycles. The number of nitrogens with one attached hydrogen (secondary N) is 2. The monoisotopic (exact) mass is 331 g/mol. The van der Waals surface area contributed by atoms with Crippen LogP contribution in [0, 0.1) is 5.82 Å². The molecule has 0 bridgehead atoms. The first-order valence-electron chi connectivity index (χ1n) is 6.92. The summed E-state index contributed by atoms with van der Waals surface area (Å²) in [6, 6.07) is 5.29. The number of benzene rings is 1. The van der Waals surface area contributed by atoms with Crippen LogP contribution in [0.2, 0.25) is 0 Å². The van der Waals surface area contributed by atoms with Crippen molar-refractivity contribution in [2.45, 2.75) is 26.4 Å². The molecule has 6 nitrogen and oxygen atoms in total. The van der Waals surface area contributed by atoms with Crippen molar-refractivity contribution < 1.29 is 17.6 Å². The van der Waals surface area contributed by atoms with Crippen LogP contribution in [0.15, 0.2) is 24.3 Å². The Hall–Kier alpha value is -1.67. The van der Waals surface area contributed by atoms with Gasteiger partial charge < -0.3 is 10.6 Å². The van der Waals surface area contributed by atoms with Gasteiger partial charge in [0, 0.05) is 25.7 Å². The number of hydrogen-bond acceptors (Lipinski definition) is 3. The van der Waals surface area contributed by atoms with Gasteiger partial charge in [-0.15, -0.1) is 0 Å². The molecule has 0 saturated heterocycles. The lowest BCUT2D eigenvalue weighted by molar-refractivity contribution is 0.237. The van der Waals surface area contributed by atoms with Gasteiger partial charge in [0.2, 0.25) is 10.0 Å². The summed E-state index contributed by atoms with van der Waals surface area (Å²) in [4.78, 5) is 11.4. The molecule has 0 atom stereocenters. The van der Waals surface area contributed by atoms with Gasteiger partial charge in [0.25, 0.3) is 0 Å². The highest BCUT2D eigenvalue weighted by atomic mass is 32.2. The van der Waals surface area contributed by atoms with E-state index in [4.69, 9.17) is 0 Å². The van der Waals surface area contributed by atoms with E-state index < -0.39 is 10.0 Å². The zero-order valence-electron chi connectivity index (χ0n) is 13.0. The van der Waals surface area contributed by atoms with Crippen molar-refractivity contribution in [1.82, 2.24) is 14.9 Å². The summed E-state index contributed by atoms with van der Waals surface area (Å²) in [5.74, 6) is -0.373. The summed E-state index contributed by atoms with van der Waals surface area (Å²) in [5, 5.41) is 5.25. The average Bonchev–Trinajstić information content (AvgIpc) is 2.38. The van der Waals surface area contributed by atoms with Gasteiger partial charge in [0.1, 0.15) is 5.82 Å². The minimum absolute atomic E-state index is 0.00484. The molecule has 0 fully saturated rings. The molecule has 1 aromatic carbocycles. The lowest BCUT2D eigenvalue weighted by Gasteiger charge is -2.20. The number of amides is 2. The number of sulfonamides is 1. The molecule has 1 aromatic rings. The van der Waals surface area contributed by atoms with E-state index in [-0.39, 0.29) is 37.5 Å². The number of halogens is 1. The normalized spacial score (nSPS) is 11.7. The minimum atomic E-state index is -3.43. The summed E-state index contributed by atoms with van der Waals surface area (Å²) in [6.45, 7) is 4.12. The number of hydrogen-bond donors (Lipinski definition) is 2. The van der Waals surface area contributed by atoms with Crippen molar-refractivity contribution in [2.75, 3.05) is 19.3 Å². The molecule has 1 rings (SSSR count). The fourth-order valence-corrected chi connectivity index (χ4v) is 2.57. The Morgan fingerprint density at radius 1 is 1.27 bits per heavy atom. The third-order valence-electron chi connectivity index (χ3n) is 2.81. The summed E-state index contributed by atoms with van der Waals surface area (Å²) < 4.78 is 37.7. The third kappa shape index (κ3) is 6.86. The highest BCUT2D eigenvalue weighted by molar-refractivity contribution is 7.88. The van der Waals surface area contributed by atoms with Gasteiger partial charge in [-0.1, -0.05) is 12.1 Å². The molecule has 22 heavy (non-hydrogen) atoms. The molecule has 0 aliphatic rings. The molecule has 0 aliphatic heterocycles. The van der Waals surface area contributed by atoms with E-state index in [2.05, 4.69) is 10.6 Å². The SMILES string of the molecule is CC(C)NC(=O)NCCN(Cc1ccc(F)cc1)S(C)(=O)=O. The lowest BCUT2D eigenvalue weighted by atomic mass is 10.2. The third-order valence-corrected chi connectivity index (χ3v) is 4.06. The van der Waals surface area contributed by atoms with Gasteiger partial charge in [-0.3, -0.25) is 0 Å². The van der Waals surface area contributed by atoms with Crippen LogP contribution in [0.25, 0.3) is 0 Å². The van der Waals surface area contributed by atoms with Crippen LogP contribution < -0.4 is 10.6 Å². The largest absolute Gasteiger partial charge is 0.337 e. The van der Waals surface area contributed by atoms with Crippen LogP contribution in [0.1, 0.15) is 19.4 Å². The molecule has 0 radical (unpaired) electrons. The van der Waals surface area contributed by atoms with Crippen LogP contribution >= 0.6 is 0 Å². The Labute approximate surface area is 130 Å². The van der Waals surface area contributed by atoms with Gasteiger partial charge in [-0.25, -0.2) is 17.6 Å². The van der Waals surface area contributed by atoms with Gasteiger partial charge in [0.15, 0.2) is 0 Å². The number of urea groups is 1. The molecular formula is C14H22FN3O3S. The molecule has 2 N–H and O–H groups in total. The number of carbonyl (C=O) groups excluding carboxylic acids is 1. The van der Waals surface area contributed by atoms with Crippen molar-refractivity contribution in [3.63, 3.8) is 0 Å². The van der Waals surface area contributed by atoms with Crippen LogP contribution in [-0.4, -0.2) is 44.1 Å². The number of carbonyl (C=O) groups is 1. The van der Waals surface area contributed by atoms with Crippen LogP contribution in [0.5, 0.6) is 0 Å². The molecule has 2 amide bonds. The van der Waals surface area contributed by atoms with Crippen molar-refractivity contribution in [1.29, 1.82) is 0 Å². The Kier molecular flexibility index (Phi) is 6.76.